The molecule has 4 nitrogen and oxygen atoms in total. The standard InChI is InChI=1S/C15H22N2O2/c1-11(2)13(12-6-4-3-5-7-12)17-14(18)15(16)8-9-19-10-15/h3-7,11,13H,8-10,16H2,1-2H3,(H,17,18). The largest absolute Gasteiger partial charge is 0.379 e. The third-order valence-corrected chi connectivity index (χ3v) is 3.62. The van der Waals surface area contributed by atoms with Crippen molar-refractivity contribution in [3.05, 3.63) is 35.9 Å². The molecule has 2 atom stereocenters. The van der Waals surface area contributed by atoms with Gasteiger partial charge < -0.3 is 15.8 Å². The Hall–Kier alpha value is -1.39. The van der Waals surface area contributed by atoms with Gasteiger partial charge >= 0.3 is 0 Å². The topological polar surface area (TPSA) is 64.4 Å². The van der Waals surface area contributed by atoms with Gasteiger partial charge in [-0.3, -0.25) is 4.79 Å². The van der Waals surface area contributed by atoms with Crippen LogP contribution in [0.15, 0.2) is 30.3 Å². The summed E-state index contributed by atoms with van der Waals surface area (Å²) in [7, 11) is 0. The number of ether oxygens (including phenoxy) is 1. The highest BCUT2D eigenvalue weighted by atomic mass is 16.5. The molecule has 1 amide bonds. The number of benzene rings is 1. The van der Waals surface area contributed by atoms with E-state index in [-0.39, 0.29) is 11.9 Å². The second-order valence-corrected chi connectivity index (χ2v) is 5.56. The Morgan fingerprint density at radius 2 is 2.05 bits per heavy atom. The Labute approximate surface area is 114 Å². The van der Waals surface area contributed by atoms with Crippen LogP contribution in [0, 0.1) is 5.92 Å². The minimum absolute atomic E-state index is 0.0188. The van der Waals surface area contributed by atoms with Crippen LogP contribution in [0.3, 0.4) is 0 Å². The van der Waals surface area contributed by atoms with Crippen LogP contribution in [0.25, 0.3) is 0 Å². The van der Waals surface area contributed by atoms with Crippen LogP contribution in [0.5, 0.6) is 0 Å². The quantitative estimate of drug-likeness (QED) is 0.866. The van der Waals surface area contributed by atoms with E-state index >= 15 is 0 Å². The van der Waals surface area contributed by atoms with Gasteiger partial charge in [0.1, 0.15) is 5.54 Å². The zero-order valence-electron chi connectivity index (χ0n) is 11.6. The smallest absolute Gasteiger partial charge is 0.243 e. The van der Waals surface area contributed by atoms with Crippen molar-refractivity contribution in [1.29, 1.82) is 0 Å². The molecule has 0 spiro atoms. The molecule has 2 unspecified atom stereocenters. The maximum atomic E-state index is 12.3. The molecule has 1 aliphatic heterocycles. The molecule has 1 fully saturated rings. The van der Waals surface area contributed by atoms with Gasteiger partial charge in [-0.25, -0.2) is 0 Å². The number of carbonyl (C=O) groups excluding carboxylic acids is 1. The lowest BCUT2D eigenvalue weighted by Gasteiger charge is -2.28. The summed E-state index contributed by atoms with van der Waals surface area (Å²) in [6.45, 7) is 5.04. The number of amides is 1. The Morgan fingerprint density at radius 1 is 1.37 bits per heavy atom. The fourth-order valence-corrected chi connectivity index (χ4v) is 2.34. The van der Waals surface area contributed by atoms with Gasteiger partial charge in [0.25, 0.3) is 0 Å². The average molecular weight is 262 g/mol. The van der Waals surface area contributed by atoms with Crippen molar-refractivity contribution in [3.63, 3.8) is 0 Å². The van der Waals surface area contributed by atoms with E-state index in [0.29, 0.717) is 25.6 Å². The van der Waals surface area contributed by atoms with E-state index < -0.39 is 5.54 Å². The predicted molar refractivity (Wildman–Crippen MR) is 74.5 cm³/mol. The van der Waals surface area contributed by atoms with Crippen LogP contribution < -0.4 is 11.1 Å². The van der Waals surface area contributed by atoms with Crippen LogP contribution in [-0.2, 0) is 9.53 Å². The van der Waals surface area contributed by atoms with Gasteiger partial charge in [0, 0.05) is 6.61 Å². The molecular formula is C15H22N2O2. The van der Waals surface area contributed by atoms with Crippen molar-refractivity contribution in [2.45, 2.75) is 31.8 Å². The normalized spacial score (nSPS) is 24.4. The molecule has 0 aromatic heterocycles. The molecule has 0 aliphatic carbocycles. The maximum Gasteiger partial charge on any atom is 0.243 e. The van der Waals surface area contributed by atoms with Crippen molar-refractivity contribution in [2.24, 2.45) is 11.7 Å². The lowest BCUT2D eigenvalue weighted by Crippen LogP contribution is -2.55. The van der Waals surface area contributed by atoms with Gasteiger partial charge in [0.2, 0.25) is 5.91 Å². The maximum absolute atomic E-state index is 12.3. The molecule has 1 aliphatic rings. The van der Waals surface area contributed by atoms with Gasteiger partial charge in [-0.15, -0.1) is 0 Å². The van der Waals surface area contributed by atoms with E-state index in [1.54, 1.807) is 0 Å². The first-order chi connectivity index (χ1) is 9.03. The van der Waals surface area contributed by atoms with Gasteiger partial charge in [-0.1, -0.05) is 44.2 Å². The molecule has 4 heteroatoms. The molecule has 2 rings (SSSR count). The first-order valence-electron chi connectivity index (χ1n) is 6.75. The summed E-state index contributed by atoms with van der Waals surface area (Å²) in [5.74, 6) is 0.185. The van der Waals surface area contributed by atoms with Gasteiger partial charge in [-0.05, 0) is 17.9 Å². The van der Waals surface area contributed by atoms with Crippen molar-refractivity contribution in [2.75, 3.05) is 13.2 Å². The van der Waals surface area contributed by atoms with Crippen LogP contribution >= 0.6 is 0 Å². The Bertz CT molecular complexity index is 425. The fourth-order valence-electron chi connectivity index (χ4n) is 2.34. The molecule has 1 aromatic rings. The molecule has 1 aromatic carbocycles. The van der Waals surface area contributed by atoms with Crippen LogP contribution in [0.2, 0.25) is 0 Å². The Kier molecular flexibility index (Phi) is 4.22. The lowest BCUT2D eigenvalue weighted by atomic mass is 9.93. The first kappa shape index (κ1) is 14.0. The second kappa shape index (κ2) is 5.72. The van der Waals surface area contributed by atoms with Crippen molar-refractivity contribution in [1.82, 2.24) is 5.32 Å². The molecule has 0 radical (unpaired) electrons. The van der Waals surface area contributed by atoms with E-state index in [9.17, 15) is 4.79 Å². The van der Waals surface area contributed by atoms with Crippen molar-refractivity contribution < 1.29 is 9.53 Å². The van der Waals surface area contributed by atoms with Gasteiger partial charge in [0.05, 0.1) is 12.6 Å². The summed E-state index contributed by atoms with van der Waals surface area (Å²) in [6, 6.07) is 9.97. The Balaban J connectivity index is 2.11. The number of hydrogen-bond donors (Lipinski definition) is 2. The highest BCUT2D eigenvalue weighted by Gasteiger charge is 2.39. The van der Waals surface area contributed by atoms with E-state index in [0.717, 1.165) is 5.56 Å². The van der Waals surface area contributed by atoms with Gasteiger partial charge in [-0.2, -0.15) is 0 Å². The first-order valence-corrected chi connectivity index (χ1v) is 6.75. The van der Waals surface area contributed by atoms with E-state index in [1.807, 2.05) is 30.3 Å². The summed E-state index contributed by atoms with van der Waals surface area (Å²) in [5.41, 5.74) is 6.32. The number of nitrogens with two attached hydrogens (primary N) is 1. The summed E-state index contributed by atoms with van der Waals surface area (Å²) >= 11 is 0. The number of hydrogen-bond acceptors (Lipinski definition) is 3. The second-order valence-electron chi connectivity index (χ2n) is 5.56. The summed E-state index contributed by atoms with van der Waals surface area (Å²) in [4.78, 5) is 12.3. The fraction of sp³-hybridized carbons (Fsp3) is 0.533. The number of nitrogens with one attached hydrogen (secondary N) is 1. The van der Waals surface area contributed by atoms with Gasteiger partial charge in [0.15, 0.2) is 0 Å². The van der Waals surface area contributed by atoms with E-state index in [1.165, 1.54) is 0 Å². The minimum Gasteiger partial charge on any atom is -0.379 e. The molecule has 0 bridgehead atoms. The third-order valence-electron chi connectivity index (χ3n) is 3.62. The number of rotatable bonds is 4. The zero-order chi connectivity index (χ0) is 13.9. The van der Waals surface area contributed by atoms with Crippen molar-refractivity contribution in [3.8, 4) is 0 Å². The highest BCUT2D eigenvalue weighted by Crippen LogP contribution is 2.23. The van der Waals surface area contributed by atoms with E-state index in [4.69, 9.17) is 10.5 Å². The van der Waals surface area contributed by atoms with Crippen LogP contribution in [-0.4, -0.2) is 24.7 Å². The lowest BCUT2D eigenvalue weighted by molar-refractivity contribution is -0.127. The summed E-state index contributed by atoms with van der Waals surface area (Å²) in [6.07, 6.45) is 0.582. The summed E-state index contributed by atoms with van der Waals surface area (Å²) in [5, 5.41) is 3.07. The Morgan fingerprint density at radius 3 is 2.58 bits per heavy atom. The molecule has 104 valence electrons. The molecular weight excluding hydrogens is 240 g/mol. The predicted octanol–water partition coefficient (Wildman–Crippen LogP) is 1.62. The molecule has 3 N–H and O–H groups in total. The zero-order valence-corrected chi connectivity index (χ0v) is 11.6. The molecule has 0 saturated carbocycles. The molecule has 1 saturated heterocycles. The molecule has 19 heavy (non-hydrogen) atoms. The monoisotopic (exact) mass is 262 g/mol. The SMILES string of the molecule is CC(C)C(NC(=O)C1(N)CCOC1)c1ccccc1. The number of carbonyl (C=O) groups is 1. The minimum atomic E-state index is -0.873. The third kappa shape index (κ3) is 3.14. The molecule has 1 heterocycles. The highest BCUT2D eigenvalue weighted by molar-refractivity contribution is 5.87. The average Bonchev–Trinajstić information content (AvgIpc) is 2.84. The van der Waals surface area contributed by atoms with E-state index in [2.05, 4.69) is 19.2 Å². The van der Waals surface area contributed by atoms with Crippen molar-refractivity contribution >= 4 is 5.91 Å². The van der Waals surface area contributed by atoms with Crippen LogP contribution in [0.4, 0.5) is 0 Å². The summed E-state index contributed by atoms with van der Waals surface area (Å²) < 4.78 is 5.24. The van der Waals surface area contributed by atoms with Crippen LogP contribution in [0.1, 0.15) is 31.9 Å².